The quantitative estimate of drug-likeness (QED) is 0.110. The van der Waals surface area contributed by atoms with Gasteiger partial charge in [-0.1, -0.05) is 58.5 Å². The monoisotopic (exact) mass is 660 g/mol. The Morgan fingerprint density at radius 1 is 0.700 bits per heavy atom. The molecule has 0 amide bonds. The minimum absolute atomic E-state index is 0.479. The van der Waals surface area contributed by atoms with Crippen LogP contribution in [0.2, 0.25) is 20.1 Å². The van der Waals surface area contributed by atoms with E-state index in [4.69, 9.17) is 70.8 Å². The molecular formula is C26H32Cl4N8S2. The Kier molecular flexibility index (Phi) is 14.7. The largest absolute Gasteiger partial charge is 0.361 e. The van der Waals surface area contributed by atoms with E-state index in [9.17, 15) is 0 Å². The van der Waals surface area contributed by atoms with E-state index >= 15 is 0 Å². The number of piperazine rings is 1. The molecule has 0 bridgehead atoms. The van der Waals surface area contributed by atoms with Crippen LogP contribution in [0, 0.1) is 0 Å². The van der Waals surface area contributed by atoms with Gasteiger partial charge in [0.1, 0.15) is 0 Å². The van der Waals surface area contributed by atoms with Crippen molar-refractivity contribution in [3.8, 4) is 0 Å². The zero-order chi connectivity index (χ0) is 28.7. The van der Waals surface area contributed by atoms with Crippen molar-refractivity contribution in [2.45, 2.75) is 12.8 Å². The fraction of sp³-hybridized carbons (Fsp3) is 0.385. The van der Waals surface area contributed by atoms with E-state index in [0.29, 0.717) is 30.3 Å². The lowest BCUT2D eigenvalue weighted by molar-refractivity contribution is 0.131. The number of hydrogen-bond donors (Lipinski definition) is 4. The molecule has 3 rings (SSSR count). The summed E-state index contributed by atoms with van der Waals surface area (Å²) in [4.78, 5) is 4.97. The smallest absolute Gasteiger partial charge is 0.186 e. The van der Waals surface area contributed by atoms with E-state index in [1.807, 2.05) is 0 Å². The van der Waals surface area contributed by atoms with Crippen LogP contribution in [0.15, 0.2) is 46.6 Å². The maximum Gasteiger partial charge on any atom is 0.186 e. The molecular weight excluding hydrogens is 630 g/mol. The van der Waals surface area contributed by atoms with Crippen LogP contribution in [-0.4, -0.2) is 84.8 Å². The third kappa shape index (κ3) is 12.4. The van der Waals surface area contributed by atoms with Crippen LogP contribution in [0.5, 0.6) is 0 Å². The molecule has 1 heterocycles. The lowest BCUT2D eigenvalue weighted by Gasteiger charge is -2.34. The van der Waals surface area contributed by atoms with Gasteiger partial charge in [-0.05, 0) is 74.6 Å². The topological polar surface area (TPSA) is 79.3 Å². The van der Waals surface area contributed by atoms with Crippen LogP contribution in [0.25, 0.3) is 0 Å². The minimum atomic E-state index is 0.479. The molecule has 2 aromatic rings. The molecule has 216 valence electrons. The predicted octanol–water partition coefficient (Wildman–Crippen LogP) is 4.99. The molecule has 0 spiro atoms. The molecule has 0 aromatic heterocycles. The summed E-state index contributed by atoms with van der Waals surface area (Å²) in [5, 5.41) is 17.8. The van der Waals surface area contributed by atoms with Gasteiger partial charge in [-0.2, -0.15) is 10.2 Å². The Balaban J connectivity index is 1.18. The normalized spacial score (nSPS) is 14.5. The van der Waals surface area contributed by atoms with Crippen molar-refractivity contribution in [2.24, 2.45) is 10.2 Å². The second kappa shape index (κ2) is 17.9. The van der Waals surface area contributed by atoms with E-state index in [1.54, 1.807) is 48.8 Å². The van der Waals surface area contributed by atoms with Gasteiger partial charge < -0.3 is 20.4 Å². The molecule has 1 aliphatic heterocycles. The fourth-order valence-corrected chi connectivity index (χ4v) is 5.08. The molecule has 1 fully saturated rings. The van der Waals surface area contributed by atoms with Crippen LogP contribution in [0.1, 0.15) is 24.0 Å². The first-order valence-electron chi connectivity index (χ1n) is 12.8. The first-order valence-corrected chi connectivity index (χ1v) is 15.1. The highest BCUT2D eigenvalue weighted by Gasteiger charge is 2.15. The molecule has 40 heavy (non-hydrogen) atoms. The second-order valence-electron chi connectivity index (χ2n) is 8.97. The molecule has 0 unspecified atom stereocenters. The first-order chi connectivity index (χ1) is 19.3. The van der Waals surface area contributed by atoms with E-state index in [2.05, 4.69) is 41.5 Å². The standard InChI is InChI=1S/C26H32Cl4N8S2/c27-21-5-3-19(23(29)15-21)17-33-35-25(39)31-7-1-9-37-11-13-38(14-12-37)10-2-8-32-26(40)36-34-18-20-4-6-22(28)16-24(20)30/h3-6,15-18H,1-2,7-14H2,(H2,31,35,39)(H2,32,36,40)/b33-17-,34-18+. The van der Waals surface area contributed by atoms with E-state index in [-0.39, 0.29) is 0 Å². The average Bonchev–Trinajstić information content (AvgIpc) is 2.92. The SMILES string of the molecule is S=C(NCCCN1CCN(CCCNC(=S)N/N=C/c2ccc(Cl)cc2Cl)CC1)N/N=C\c1ccc(Cl)cc1Cl. The van der Waals surface area contributed by atoms with Crippen molar-refractivity contribution in [3.05, 3.63) is 67.6 Å². The third-order valence-electron chi connectivity index (χ3n) is 6.00. The third-order valence-corrected chi connectivity index (χ3v) is 7.60. The molecule has 0 aliphatic carbocycles. The number of hydrazone groups is 2. The fourth-order valence-electron chi connectivity index (χ4n) is 3.86. The Morgan fingerprint density at radius 3 is 1.48 bits per heavy atom. The Labute approximate surface area is 266 Å². The minimum Gasteiger partial charge on any atom is -0.361 e. The van der Waals surface area contributed by atoms with Gasteiger partial charge in [0.2, 0.25) is 0 Å². The highest BCUT2D eigenvalue weighted by molar-refractivity contribution is 7.80. The van der Waals surface area contributed by atoms with Gasteiger partial charge in [-0.15, -0.1) is 0 Å². The number of hydrogen-bond acceptors (Lipinski definition) is 6. The van der Waals surface area contributed by atoms with Crippen LogP contribution in [0.4, 0.5) is 0 Å². The van der Waals surface area contributed by atoms with Gasteiger partial charge in [-0.3, -0.25) is 10.9 Å². The number of nitrogens with one attached hydrogen (secondary N) is 4. The van der Waals surface area contributed by atoms with Gasteiger partial charge in [0, 0.05) is 60.4 Å². The summed E-state index contributed by atoms with van der Waals surface area (Å²) in [5.41, 5.74) is 7.15. The summed E-state index contributed by atoms with van der Waals surface area (Å²) in [6, 6.07) is 10.5. The van der Waals surface area contributed by atoms with Crippen LogP contribution in [-0.2, 0) is 0 Å². The Bertz CT molecular complexity index is 1100. The van der Waals surface area contributed by atoms with Crippen molar-refractivity contribution in [2.75, 3.05) is 52.4 Å². The van der Waals surface area contributed by atoms with Gasteiger partial charge in [0.05, 0.1) is 22.5 Å². The van der Waals surface area contributed by atoms with Gasteiger partial charge >= 0.3 is 0 Å². The Hall–Kier alpha value is -1.76. The first kappa shape index (κ1) is 32.8. The Morgan fingerprint density at radius 2 is 1.10 bits per heavy atom. The molecule has 0 atom stereocenters. The van der Waals surface area contributed by atoms with Crippen molar-refractivity contribution in [1.82, 2.24) is 31.3 Å². The maximum atomic E-state index is 6.13. The molecule has 2 aromatic carbocycles. The highest BCUT2D eigenvalue weighted by Crippen LogP contribution is 2.20. The molecule has 8 nitrogen and oxygen atoms in total. The van der Waals surface area contributed by atoms with Crippen molar-refractivity contribution < 1.29 is 0 Å². The van der Waals surface area contributed by atoms with Gasteiger partial charge in [-0.25, -0.2) is 0 Å². The van der Waals surface area contributed by atoms with E-state index in [0.717, 1.165) is 76.3 Å². The lowest BCUT2D eigenvalue weighted by atomic mass is 10.2. The molecule has 0 saturated carbocycles. The summed E-state index contributed by atoms with van der Waals surface area (Å²) < 4.78 is 0. The van der Waals surface area contributed by atoms with E-state index < -0.39 is 0 Å². The number of halogens is 4. The number of rotatable bonds is 12. The van der Waals surface area contributed by atoms with E-state index in [1.165, 1.54) is 0 Å². The van der Waals surface area contributed by atoms with Crippen LogP contribution in [0.3, 0.4) is 0 Å². The number of nitrogens with zero attached hydrogens (tertiary/aromatic N) is 4. The molecule has 1 aliphatic rings. The van der Waals surface area contributed by atoms with Crippen LogP contribution < -0.4 is 21.5 Å². The van der Waals surface area contributed by atoms with Crippen molar-refractivity contribution in [1.29, 1.82) is 0 Å². The molecule has 0 radical (unpaired) electrons. The summed E-state index contributed by atoms with van der Waals surface area (Å²) >= 11 is 34.6. The van der Waals surface area contributed by atoms with Gasteiger partial charge in [0.15, 0.2) is 10.2 Å². The average molecular weight is 663 g/mol. The van der Waals surface area contributed by atoms with Gasteiger partial charge in [0.25, 0.3) is 0 Å². The number of benzene rings is 2. The second-order valence-corrected chi connectivity index (χ2v) is 11.5. The zero-order valence-electron chi connectivity index (χ0n) is 21.8. The lowest BCUT2D eigenvalue weighted by Crippen LogP contribution is -2.47. The van der Waals surface area contributed by atoms with Crippen LogP contribution >= 0.6 is 70.8 Å². The maximum absolute atomic E-state index is 6.13. The summed E-state index contributed by atoms with van der Waals surface area (Å²) in [7, 11) is 0. The highest BCUT2D eigenvalue weighted by atomic mass is 35.5. The summed E-state index contributed by atoms with van der Waals surface area (Å²) in [6.45, 7) is 7.84. The summed E-state index contributed by atoms with van der Waals surface area (Å²) in [5.74, 6) is 0. The number of thiocarbonyl (C=S) groups is 2. The summed E-state index contributed by atoms with van der Waals surface area (Å²) in [6.07, 6.45) is 5.22. The molecule has 1 saturated heterocycles. The zero-order valence-corrected chi connectivity index (χ0v) is 26.5. The molecule has 14 heteroatoms. The van der Waals surface area contributed by atoms with Crippen molar-refractivity contribution in [3.63, 3.8) is 0 Å². The predicted molar refractivity (Wildman–Crippen MR) is 178 cm³/mol. The van der Waals surface area contributed by atoms with Crippen molar-refractivity contribution >= 4 is 93.5 Å². The molecule has 4 N–H and O–H groups in total.